The summed E-state index contributed by atoms with van der Waals surface area (Å²) >= 11 is 0. The second kappa shape index (κ2) is 3.41. The van der Waals surface area contributed by atoms with Crippen molar-refractivity contribution in [2.45, 2.75) is 39.7 Å². The molecule has 0 aromatic heterocycles. The van der Waals surface area contributed by atoms with E-state index >= 15 is 0 Å². The molecule has 0 saturated heterocycles. The first-order valence-corrected chi connectivity index (χ1v) is 5.63. The van der Waals surface area contributed by atoms with Gasteiger partial charge >= 0.3 is 0 Å². The third-order valence-electron chi connectivity index (χ3n) is 2.98. The fraction of sp³-hybridized carbons (Fsp3) is 0.429. The third-order valence-corrected chi connectivity index (χ3v) is 2.98. The van der Waals surface area contributed by atoms with Crippen LogP contribution in [0.15, 0.2) is 24.3 Å². The van der Waals surface area contributed by atoms with Gasteiger partial charge in [0.2, 0.25) is 0 Å². The quantitative estimate of drug-likeness (QED) is 0.727. The smallest absolute Gasteiger partial charge is 0.0506 e. The first-order chi connectivity index (χ1) is 7.03. The Kier molecular flexibility index (Phi) is 2.34. The molecule has 2 rings (SSSR count). The van der Waals surface area contributed by atoms with Crippen LogP contribution in [0.25, 0.3) is 5.57 Å². The van der Waals surface area contributed by atoms with Crippen LogP contribution in [-0.4, -0.2) is 5.54 Å². The minimum absolute atomic E-state index is 0.0718. The Morgan fingerprint density at radius 1 is 1.27 bits per heavy atom. The van der Waals surface area contributed by atoms with E-state index in [-0.39, 0.29) is 5.54 Å². The maximum atomic E-state index is 3.61. The second-order valence-electron chi connectivity index (χ2n) is 4.87. The molecule has 0 saturated carbocycles. The van der Waals surface area contributed by atoms with Crippen molar-refractivity contribution in [3.63, 3.8) is 0 Å². The lowest BCUT2D eigenvalue weighted by Gasteiger charge is -2.32. The zero-order chi connectivity index (χ0) is 11.1. The van der Waals surface area contributed by atoms with Crippen molar-refractivity contribution < 1.29 is 0 Å². The van der Waals surface area contributed by atoms with Crippen LogP contribution < -0.4 is 5.32 Å². The van der Waals surface area contributed by atoms with Crippen molar-refractivity contribution in [3.8, 4) is 0 Å². The highest BCUT2D eigenvalue weighted by Crippen LogP contribution is 2.35. The summed E-state index contributed by atoms with van der Waals surface area (Å²) in [7, 11) is 0. The molecule has 0 radical (unpaired) electrons. The molecule has 0 aliphatic carbocycles. The predicted molar refractivity (Wildman–Crippen MR) is 67.2 cm³/mol. The predicted octanol–water partition coefficient (Wildman–Crippen LogP) is 3.86. The summed E-state index contributed by atoms with van der Waals surface area (Å²) in [6.07, 6.45) is 3.38. The zero-order valence-corrected chi connectivity index (χ0v) is 10.0. The van der Waals surface area contributed by atoms with E-state index in [4.69, 9.17) is 0 Å². The average Bonchev–Trinajstić information content (AvgIpc) is 2.15. The molecular formula is C14H19N. The van der Waals surface area contributed by atoms with Crippen LogP contribution in [0.3, 0.4) is 0 Å². The van der Waals surface area contributed by atoms with Crippen molar-refractivity contribution in [2.75, 3.05) is 5.32 Å². The molecular weight excluding hydrogens is 182 g/mol. The number of aryl methyl sites for hydroxylation is 1. The molecule has 0 atom stereocenters. The maximum Gasteiger partial charge on any atom is 0.0506 e. The number of para-hydroxylation sites is 1. The molecule has 1 nitrogen and oxygen atoms in total. The lowest BCUT2D eigenvalue weighted by molar-refractivity contribution is 0.705. The first kappa shape index (κ1) is 10.3. The van der Waals surface area contributed by atoms with Gasteiger partial charge in [0.15, 0.2) is 0 Å². The Morgan fingerprint density at radius 2 is 2.00 bits per heavy atom. The highest BCUT2D eigenvalue weighted by molar-refractivity contribution is 5.81. The van der Waals surface area contributed by atoms with Gasteiger partial charge in [-0.05, 0) is 38.3 Å². The van der Waals surface area contributed by atoms with Gasteiger partial charge in [-0.3, -0.25) is 0 Å². The monoisotopic (exact) mass is 201 g/mol. The standard InChI is InChI=1S/C14H19N/c1-5-11-7-6-8-12-10(2)9-14(3,4)15-13(11)12/h6-9,15H,5H2,1-4H3. The van der Waals surface area contributed by atoms with Gasteiger partial charge in [0.1, 0.15) is 0 Å². The lowest BCUT2D eigenvalue weighted by atomic mass is 9.89. The molecule has 0 unspecified atom stereocenters. The van der Waals surface area contributed by atoms with E-state index in [9.17, 15) is 0 Å². The molecule has 1 N–H and O–H groups in total. The van der Waals surface area contributed by atoms with Gasteiger partial charge in [0.25, 0.3) is 0 Å². The normalized spacial score (nSPS) is 17.7. The van der Waals surface area contributed by atoms with Crippen LogP contribution in [0.1, 0.15) is 38.8 Å². The first-order valence-electron chi connectivity index (χ1n) is 5.63. The molecule has 15 heavy (non-hydrogen) atoms. The number of hydrogen-bond donors (Lipinski definition) is 1. The molecule has 1 aliphatic rings. The highest BCUT2D eigenvalue weighted by atomic mass is 15.0. The minimum Gasteiger partial charge on any atom is -0.376 e. The summed E-state index contributed by atoms with van der Waals surface area (Å²) in [5, 5.41) is 3.61. The Balaban J connectivity index is 2.59. The summed E-state index contributed by atoms with van der Waals surface area (Å²) in [6.45, 7) is 8.83. The van der Waals surface area contributed by atoms with Crippen LogP contribution in [0.5, 0.6) is 0 Å². The number of hydrogen-bond acceptors (Lipinski definition) is 1. The summed E-state index contributed by atoms with van der Waals surface area (Å²) in [6, 6.07) is 6.55. The summed E-state index contributed by atoms with van der Waals surface area (Å²) in [5.74, 6) is 0. The largest absolute Gasteiger partial charge is 0.376 e. The van der Waals surface area contributed by atoms with Gasteiger partial charge in [-0.2, -0.15) is 0 Å². The van der Waals surface area contributed by atoms with Gasteiger partial charge in [-0.25, -0.2) is 0 Å². The van der Waals surface area contributed by atoms with E-state index in [1.807, 2.05) is 0 Å². The SMILES string of the molecule is CCc1cccc2c1NC(C)(C)C=C2C. The zero-order valence-electron chi connectivity index (χ0n) is 10.0. The number of allylic oxidation sites excluding steroid dienone is 1. The van der Waals surface area contributed by atoms with E-state index < -0.39 is 0 Å². The molecule has 0 spiro atoms. The summed E-state index contributed by atoms with van der Waals surface area (Å²) < 4.78 is 0. The van der Waals surface area contributed by atoms with Crippen LogP contribution in [0.2, 0.25) is 0 Å². The van der Waals surface area contributed by atoms with E-state index in [2.05, 4.69) is 57.3 Å². The van der Waals surface area contributed by atoms with Crippen LogP contribution in [0, 0.1) is 0 Å². The topological polar surface area (TPSA) is 12.0 Å². The Morgan fingerprint density at radius 3 is 2.67 bits per heavy atom. The van der Waals surface area contributed by atoms with Gasteiger partial charge in [-0.1, -0.05) is 31.2 Å². The summed E-state index contributed by atoms with van der Waals surface area (Å²) in [5.41, 5.74) is 5.54. The number of benzene rings is 1. The van der Waals surface area contributed by atoms with Crippen LogP contribution >= 0.6 is 0 Å². The molecule has 1 heterocycles. The number of anilines is 1. The van der Waals surface area contributed by atoms with Crippen molar-refractivity contribution in [2.24, 2.45) is 0 Å². The number of fused-ring (bicyclic) bond motifs is 1. The fourth-order valence-corrected chi connectivity index (χ4v) is 2.35. The van der Waals surface area contributed by atoms with Crippen LogP contribution in [-0.2, 0) is 6.42 Å². The molecule has 0 fully saturated rings. The van der Waals surface area contributed by atoms with Crippen molar-refractivity contribution in [1.82, 2.24) is 0 Å². The van der Waals surface area contributed by atoms with E-state index in [1.54, 1.807) is 0 Å². The third kappa shape index (κ3) is 1.79. The molecule has 1 aliphatic heterocycles. The number of nitrogens with one attached hydrogen (secondary N) is 1. The molecule has 1 aromatic rings. The highest BCUT2D eigenvalue weighted by Gasteiger charge is 2.23. The Bertz CT molecular complexity index is 413. The van der Waals surface area contributed by atoms with Crippen molar-refractivity contribution in [3.05, 3.63) is 35.4 Å². The Hall–Kier alpha value is -1.24. The van der Waals surface area contributed by atoms with Gasteiger partial charge in [0, 0.05) is 11.3 Å². The van der Waals surface area contributed by atoms with Crippen LogP contribution in [0.4, 0.5) is 5.69 Å². The Labute approximate surface area is 92.2 Å². The summed E-state index contributed by atoms with van der Waals surface area (Å²) in [4.78, 5) is 0. The van der Waals surface area contributed by atoms with Gasteiger partial charge < -0.3 is 5.32 Å². The van der Waals surface area contributed by atoms with Crippen molar-refractivity contribution in [1.29, 1.82) is 0 Å². The average molecular weight is 201 g/mol. The fourth-order valence-electron chi connectivity index (χ4n) is 2.35. The maximum absolute atomic E-state index is 3.61. The minimum atomic E-state index is 0.0718. The molecule has 0 bridgehead atoms. The van der Waals surface area contributed by atoms with E-state index in [1.165, 1.54) is 22.4 Å². The molecule has 1 aromatic carbocycles. The van der Waals surface area contributed by atoms with E-state index in [0.717, 1.165) is 6.42 Å². The molecule has 0 amide bonds. The van der Waals surface area contributed by atoms with Crippen molar-refractivity contribution >= 4 is 11.3 Å². The second-order valence-corrected chi connectivity index (χ2v) is 4.87. The molecule has 80 valence electrons. The van der Waals surface area contributed by atoms with E-state index in [0.29, 0.717) is 0 Å². The number of rotatable bonds is 1. The van der Waals surface area contributed by atoms with Gasteiger partial charge in [-0.15, -0.1) is 0 Å². The lowest BCUT2D eigenvalue weighted by Crippen LogP contribution is -2.32. The molecule has 1 heteroatoms. The van der Waals surface area contributed by atoms with Gasteiger partial charge in [0.05, 0.1) is 5.54 Å².